The smallest absolute Gasteiger partial charge is 0.335 e. The lowest BCUT2D eigenvalue weighted by molar-refractivity contribution is -0.138. The van der Waals surface area contributed by atoms with Crippen LogP contribution in [0.15, 0.2) is 48.6 Å². The van der Waals surface area contributed by atoms with Gasteiger partial charge in [0.05, 0.1) is 39.6 Å². The van der Waals surface area contributed by atoms with Crippen LogP contribution < -0.4 is 19.5 Å². The van der Waals surface area contributed by atoms with Gasteiger partial charge in [-0.1, -0.05) is 18.7 Å². The standard InChI is InChI=1S/C22H26FNO5/c1-6-29-22(25)14(2)20(16-7-9-17(23)10-8-16)24-13-15-11-18(26-3)21(28-5)19(12-15)27-4/h7-12,20,24H,2,6,13H2,1,3-5H3/t20-/m1/s1. The largest absolute Gasteiger partial charge is 0.493 e. The predicted octanol–water partition coefficient (Wildman–Crippen LogP) is 3.80. The fourth-order valence-electron chi connectivity index (χ4n) is 2.90. The van der Waals surface area contributed by atoms with Crippen molar-refractivity contribution in [3.63, 3.8) is 0 Å². The lowest BCUT2D eigenvalue weighted by Crippen LogP contribution is -2.27. The number of hydrogen-bond acceptors (Lipinski definition) is 6. The molecule has 0 heterocycles. The molecular formula is C22H26FNO5. The average Bonchev–Trinajstić information content (AvgIpc) is 2.74. The van der Waals surface area contributed by atoms with Gasteiger partial charge in [-0.25, -0.2) is 9.18 Å². The Morgan fingerprint density at radius 3 is 2.14 bits per heavy atom. The third kappa shape index (κ3) is 5.48. The molecule has 0 radical (unpaired) electrons. The van der Waals surface area contributed by atoms with Gasteiger partial charge in [0.2, 0.25) is 5.75 Å². The van der Waals surface area contributed by atoms with Crippen LogP contribution in [0.5, 0.6) is 17.2 Å². The highest BCUT2D eigenvalue weighted by atomic mass is 19.1. The SMILES string of the molecule is C=C(C(=O)OCC)[C@@H](NCc1cc(OC)c(OC)c(OC)c1)c1ccc(F)cc1. The number of hydrogen-bond donors (Lipinski definition) is 1. The van der Waals surface area contributed by atoms with E-state index in [0.717, 1.165) is 5.56 Å². The fraction of sp³-hybridized carbons (Fsp3) is 0.318. The molecule has 2 aromatic rings. The van der Waals surface area contributed by atoms with E-state index in [2.05, 4.69) is 11.9 Å². The van der Waals surface area contributed by atoms with Gasteiger partial charge in [-0.15, -0.1) is 0 Å². The summed E-state index contributed by atoms with van der Waals surface area (Å²) in [4.78, 5) is 12.2. The lowest BCUT2D eigenvalue weighted by Gasteiger charge is -2.21. The molecule has 6 nitrogen and oxygen atoms in total. The lowest BCUT2D eigenvalue weighted by atomic mass is 9.99. The first kappa shape index (κ1) is 22.2. The van der Waals surface area contributed by atoms with Gasteiger partial charge in [0.15, 0.2) is 11.5 Å². The van der Waals surface area contributed by atoms with E-state index < -0.39 is 12.0 Å². The van der Waals surface area contributed by atoms with Gasteiger partial charge in [0.25, 0.3) is 0 Å². The number of halogens is 1. The minimum absolute atomic E-state index is 0.228. The molecule has 0 spiro atoms. The molecule has 29 heavy (non-hydrogen) atoms. The zero-order chi connectivity index (χ0) is 21.4. The number of benzene rings is 2. The number of nitrogens with one attached hydrogen (secondary N) is 1. The van der Waals surface area contributed by atoms with Crippen LogP contribution in [0, 0.1) is 5.82 Å². The summed E-state index contributed by atoms with van der Waals surface area (Å²) in [5.41, 5.74) is 1.76. The van der Waals surface area contributed by atoms with Gasteiger partial charge in [-0.05, 0) is 42.3 Å². The molecule has 2 aromatic carbocycles. The highest BCUT2D eigenvalue weighted by molar-refractivity contribution is 5.89. The second-order valence-corrected chi connectivity index (χ2v) is 6.14. The number of carbonyl (C=O) groups excluding carboxylic acids is 1. The zero-order valence-electron chi connectivity index (χ0n) is 17.1. The van der Waals surface area contributed by atoms with Gasteiger partial charge in [-0.3, -0.25) is 0 Å². The Bertz CT molecular complexity index is 826. The van der Waals surface area contributed by atoms with E-state index in [0.29, 0.717) is 29.4 Å². The van der Waals surface area contributed by atoms with E-state index in [1.54, 1.807) is 33.3 Å². The highest BCUT2D eigenvalue weighted by Gasteiger charge is 2.22. The van der Waals surface area contributed by atoms with Crippen LogP contribution in [0.3, 0.4) is 0 Å². The molecule has 0 aromatic heterocycles. The first-order chi connectivity index (χ1) is 13.9. The van der Waals surface area contributed by atoms with Crippen molar-refractivity contribution in [2.45, 2.75) is 19.5 Å². The van der Waals surface area contributed by atoms with E-state index in [1.807, 2.05) is 12.1 Å². The van der Waals surface area contributed by atoms with Crippen LogP contribution in [0.2, 0.25) is 0 Å². The fourth-order valence-corrected chi connectivity index (χ4v) is 2.90. The molecule has 0 fully saturated rings. The van der Waals surface area contributed by atoms with Crippen LogP contribution in [-0.2, 0) is 16.1 Å². The van der Waals surface area contributed by atoms with E-state index in [9.17, 15) is 9.18 Å². The van der Waals surface area contributed by atoms with Crippen molar-refractivity contribution < 1.29 is 28.1 Å². The summed E-state index contributed by atoms with van der Waals surface area (Å²) in [7, 11) is 4.61. The minimum Gasteiger partial charge on any atom is -0.493 e. The Kier molecular flexibility index (Phi) is 8.03. The Morgan fingerprint density at radius 1 is 1.07 bits per heavy atom. The molecule has 1 N–H and O–H groups in total. The highest BCUT2D eigenvalue weighted by Crippen LogP contribution is 2.38. The summed E-state index contributed by atoms with van der Waals surface area (Å²) in [5, 5.41) is 3.28. The maximum absolute atomic E-state index is 13.3. The molecule has 0 bridgehead atoms. The average molecular weight is 403 g/mol. The summed E-state index contributed by atoms with van der Waals surface area (Å²) in [6, 6.07) is 8.93. The van der Waals surface area contributed by atoms with Gasteiger partial charge in [0.1, 0.15) is 5.82 Å². The molecule has 2 rings (SSSR count). The van der Waals surface area contributed by atoms with E-state index in [1.165, 1.54) is 19.2 Å². The van der Waals surface area contributed by atoms with Gasteiger partial charge in [-0.2, -0.15) is 0 Å². The molecular weight excluding hydrogens is 377 g/mol. The summed E-state index contributed by atoms with van der Waals surface area (Å²) < 4.78 is 34.5. The Labute approximate surface area is 170 Å². The normalized spacial score (nSPS) is 11.5. The van der Waals surface area contributed by atoms with Gasteiger partial charge >= 0.3 is 5.97 Å². The Morgan fingerprint density at radius 2 is 1.66 bits per heavy atom. The molecule has 0 aliphatic rings. The summed E-state index contributed by atoms with van der Waals surface area (Å²) >= 11 is 0. The number of methoxy groups -OCH3 is 3. The van der Waals surface area contributed by atoms with Crippen LogP contribution in [0.4, 0.5) is 4.39 Å². The third-order valence-electron chi connectivity index (χ3n) is 4.32. The minimum atomic E-state index is -0.561. The van der Waals surface area contributed by atoms with Crippen LogP contribution in [0.1, 0.15) is 24.1 Å². The quantitative estimate of drug-likeness (QED) is 0.481. The summed E-state index contributed by atoms with van der Waals surface area (Å²) in [5.74, 6) is 0.653. The first-order valence-corrected chi connectivity index (χ1v) is 9.08. The molecule has 1 atom stereocenters. The molecule has 0 amide bonds. The van der Waals surface area contributed by atoms with Crippen LogP contribution >= 0.6 is 0 Å². The number of carbonyl (C=O) groups is 1. The monoisotopic (exact) mass is 403 g/mol. The van der Waals surface area contributed by atoms with Crippen LogP contribution in [-0.4, -0.2) is 33.9 Å². The number of rotatable bonds is 10. The first-order valence-electron chi connectivity index (χ1n) is 9.08. The second-order valence-electron chi connectivity index (χ2n) is 6.14. The van der Waals surface area contributed by atoms with Crippen molar-refractivity contribution >= 4 is 5.97 Å². The third-order valence-corrected chi connectivity index (χ3v) is 4.32. The second kappa shape index (κ2) is 10.5. The maximum atomic E-state index is 13.3. The van der Waals surface area contributed by atoms with Crippen molar-refractivity contribution in [3.8, 4) is 17.2 Å². The summed E-state index contributed by atoms with van der Waals surface area (Å²) in [6.07, 6.45) is 0. The zero-order valence-corrected chi connectivity index (χ0v) is 17.1. The van der Waals surface area contributed by atoms with Crippen molar-refractivity contribution in [2.24, 2.45) is 0 Å². The predicted molar refractivity (Wildman–Crippen MR) is 108 cm³/mol. The van der Waals surface area contributed by atoms with Crippen molar-refractivity contribution in [1.29, 1.82) is 0 Å². The van der Waals surface area contributed by atoms with E-state index in [-0.39, 0.29) is 18.0 Å². The number of esters is 1. The van der Waals surface area contributed by atoms with Gasteiger partial charge < -0.3 is 24.3 Å². The molecule has 0 aliphatic heterocycles. The van der Waals surface area contributed by atoms with Crippen LogP contribution in [0.25, 0.3) is 0 Å². The molecule has 0 saturated carbocycles. The van der Waals surface area contributed by atoms with E-state index in [4.69, 9.17) is 18.9 Å². The Balaban J connectivity index is 2.31. The Hall–Kier alpha value is -3.06. The maximum Gasteiger partial charge on any atom is 0.335 e. The van der Waals surface area contributed by atoms with Crippen molar-refractivity contribution in [1.82, 2.24) is 5.32 Å². The van der Waals surface area contributed by atoms with Crippen molar-refractivity contribution in [2.75, 3.05) is 27.9 Å². The van der Waals surface area contributed by atoms with Crippen molar-refractivity contribution in [3.05, 3.63) is 65.5 Å². The van der Waals surface area contributed by atoms with Gasteiger partial charge in [0, 0.05) is 6.54 Å². The molecule has 0 unspecified atom stereocenters. The summed E-state index contributed by atoms with van der Waals surface area (Å²) in [6.45, 7) is 6.20. The number of ether oxygens (including phenoxy) is 4. The molecule has 7 heteroatoms. The molecule has 156 valence electrons. The molecule has 0 aliphatic carbocycles. The molecule has 0 saturated heterocycles. The topological polar surface area (TPSA) is 66.0 Å². The van der Waals surface area contributed by atoms with E-state index >= 15 is 0 Å².